The maximum atomic E-state index is 12.2. The van der Waals surface area contributed by atoms with E-state index in [1.54, 1.807) is 4.90 Å². The Morgan fingerprint density at radius 2 is 2.11 bits per heavy atom. The number of primary amides is 1. The van der Waals surface area contributed by atoms with Crippen molar-refractivity contribution in [1.29, 1.82) is 0 Å². The first-order chi connectivity index (χ1) is 8.29. The van der Waals surface area contributed by atoms with Crippen LogP contribution >= 0.6 is 0 Å². The summed E-state index contributed by atoms with van der Waals surface area (Å²) in [6.45, 7) is 7.37. The van der Waals surface area contributed by atoms with Crippen molar-refractivity contribution in [2.24, 2.45) is 5.73 Å². The molecule has 18 heavy (non-hydrogen) atoms. The van der Waals surface area contributed by atoms with E-state index in [0.29, 0.717) is 6.54 Å². The number of urea groups is 1. The van der Waals surface area contributed by atoms with E-state index in [0.717, 1.165) is 19.4 Å². The summed E-state index contributed by atoms with van der Waals surface area (Å²) in [7, 11) is 0. The van der Waals surface area contributed by atoms with Gasteiger partial charge in [0.05, 0.1) is 0 Å². The van der Waals surface area contributed by atoms with E-state index in [1.165, 1.54) is 0 Å². The molecule has 0 aliphatic carbocycles. The molecule has 1 unspecified atom stereocenters. The lowest BCUT2D eigenvalue weighted by atomic mass is 10.1. The first kappa shape index (κ1) is 14.8. The molecule has 1 aliphatic rings. The molecule has 1 rings (SSSR count). The van der Waals surface area contributed by atoms with Crippen molar-refractivity contribution in [2.45, 2.75) is 45.2 Å². The van der Waals surface area contributed by atoms with Crippen molar-refractivity contribution in [3.8, 4) is 0 Å². The molecule has 4 N–H and O–H groups in total. The van der Waals surface area contributed by atoms with Crippen LogP contribution in [0.4, 0.5) is 4.79 Å². The average molecular weight is 256 g/mol. The summed E-state index contributed by atoms with van der Waals surface area (Å²) in [5.74, 6) is -0.482. The first-order valence-electron chi connectivity index (χ1n) is 6.37. The van der Waals surface area contributed by atoms with Crippen molar-refractivity contribution in [3.05, 3.63) is 0 Å². The summed E-state index contributed by atoms with van der Waals surface area (Å²) in [6, 6.07) is -0.191. The van der Waals surface area contributed by atoms with Crippen LogP contribution in [0.1, 0.15) is 33.6 Å². The number of rotatable bonds is 3. The highest BCUT2D eigenvalue weighted by Crippen LogP contribution is 2.11. The van der Waals surface area contributed by atoms with Crippen LogP contribution in [0.25, 0.3) is 0 Å². The lowest BCUT2D eigenvalue weighted by molar-refractivity contribution is -0.119. The van der Waals surface area contributed by atoms with E-state index in [2.05, 4.69) is 10.6 Å². The molecule has 0 bridgehead atoms. The van der Waals surface area contributed by atoms with Gasteiger partial charge in [-0.05, 0) is 40.2 Å². The minimum absolute atomic E-state index is 0.0335. The van der Waals surface area contributed by atoms with Crippen LogP contribution in [0.3, 0.4) is 0 Å². The van der Waals surface area contributed by atoms with Crippen LogP contribution in [0.2, 0.25) is 0 Å². The van der Waals surface area contributed by atoms with Gasteiger partial charge in [-0.1, -0.05) is 0 Å². The predicted octanol–water partition coefficient (Wildman–Crippen LogP) is 0.0338. The minimum Gasteiger partial charge on any atom is -0.368 e. The van der Waals surface area contributed by atoms with Gasteiger partial charge in [0.15, 0.2) is 0 Å². The van der Waals surface area contributed by atoms with Gasteiger partial charge in [0, 0.05) is 18.1 Å². The van der Waals surface area contributed by atoms with E-state index < -0.39 is 5.91 Å². The van der Waals surface area contributed by atoms with Gasteiger partial charge in [-0.3, -0.25) is 4.79 Å². The van der Waals surface area contributed by atoms with Gasteiger partial charge in [0.1, 0.15) is 6.54 Å². The molecule has 0 saturated carbocycles. The largest absolute Gasteiger partial charge is 0.368 e. The van der Waals surface area contributed by atoms with Crippen molar-refractivity contribution < 1.29 is 9.59 Å². The lowest BCUT2D eigenvalue weighted by Gasteiger charge is -2.36. The van der Waals surface area contributed by atoms with Crippen molar-refractivity contribution in [1.82, 2.24) is 15.5 Å². The Morgan fingerprint density at radius 3 is 2.56 bits per heavy atom. The summed E-state index contributed by atoms with van der Waals surface area (Å²) < 4.78 is 0. The zero-order chi connectivity index (χ0) is 13.8. The second-order valence-corrected chi connectivity index (χ2v) is 5.77. The fourth-order valence-corrected chi connectivity index (χ4v) is 2.03. The highest BCUT2D eigenvalue weighted by molar-refractivity contribution is 5.83. The van der Waals surface area contributed by atoms with Crippen LogP contribution < -0.4 is 16.4 Å². The van der Waals surface area contributed by atoms with Crippen LogP contribution in [0, 0.1) is 0 Å². The summed E-state index contributed by atoms with van der Waals surface area (Å²) in [4.78, 5) is 24.8. The molecule has 3 amide bonds. The van der Waals surface area contributed by atoms with Gasteiger partial charge < -0.3 is 21.3 Å². The van der Waals surface area contributed by atoms with Gasteiger partial charge in [0.25, 0.3) is 0 Å². The Kier molecular flexibility index (Phi) is 4.95. The van der Waals surface area contributed by atoms with Gasteiger partial charge in [-0.25, -0.2) is 4.79 Å². The number of piperidine rings is 1. The molecule has 104 valence electrons. The highest BCUT2D eigenvalue weighted by atomic mass is 16.2. The predicted molar refractivity (Wildman–Crippen MR) is 70.1 cm³/mol. The lowest BCUT2D eigenvalue weighted by Crippen LogP contribution is -2.57. The molecule has 0 aromatic heterocycles. The molecule has 0 aromatic rings. The molecule has 0 aromatic carbocycles. The molecule has 1 aliphatic heterocycles. The van der Waals surface area contributed by atoms with E-state index in [9.17, 15) is 9.59 Å². The smallest absolute Gasteiger partial charge is 0.318 e. The number of nitrogens with one attached hydrogen (secondary N) is 2. The van der Waals surface area contributed by atoms with Crippen molar-refractivity contribution >= 4 is 11.9 Å². The number of nitrogens with two attached hydrogens (primary N) is 1. The molecule has 1 fully saturated rings. The number of nitrogens with zero attached hydrogens (tertiary/aromatic N) is 1. The molecule has 6 heteroatoms. The summed E-state index contributed by atoms with van der Waals surface area (Å²) in [5, 5.41) is 6.11. The number of carbonyl (C=O) groups is 2. The number of hydrogen-bond donors (Lipinski definition) is 3. The molecule has 1 saturated heterocycles. The van der Waals surface area contributed by atoms with Gasteiger partial charge in [-0.2, -0.15) is 0 Å². The van der Waals surface area contributed by atoms with Crippen molar-refractivity contribution in [2.75, 3.05) is 19.6 Å². The highest BCUT2D eigenvalue weighted by Gasteiger charge is 2.28. The summed E-state index contributed by atoms with van der Waals surface area (Å²) >= 11 is 0. The van der Waals surface area contributed by atoms with Gasteiger partial charge >= 0.3 is 6.03 Å². The Bertz CT molecular complexity index is 306. The molecular formula is C12H24N4O2. The normalized spacial score (nSPS) is 20.3. The standard InChI is InChI=1S/C12H24N4O2/c1-12(2,3)15-11(18)16(8-10(13)17)9-5-4-6-14-7-9/h9,14H,4-8H2,1-3H3,(H2,13,17)(H,15,18). The van der Waals surface area contributed by atoms with Crippen LogP contribution in [-0.4, -0.2) is 48.1 Å². The van der Waals surface area contributed by atoms with E-state index in [1.807, 2.05) is 20.8 Å². The molecule has 1 atom stereocenters. The molecule has 0 radical (unpaired) electrons. The third-order valence-corrected chi connectivity index (χ3v) is 2.78. The molecular weight excluding hydrogens is 232 g/mol. The average Bonchev–Trinajstić information content (AvgIpc) is 2.24. The molecule has 0 spiro atoms. The minimum atomic E-state index is -0.482. The Hall–Kier alpha value is -1.30. The maximum Gasteiger partial charge on any atom is 0.318 e. The summed E-state index contributed by atoms with van der Waals surface area (Å²) in [6.07, 6.45) is 1.90. The Balaban J connectivity index is 2.70. The van der Waals surface area contributed by atoms with Crippen molar-refractivity contribution in [3.63, 3.8) is 0 Å². The molecule has 1 heterocycles. The molecule has 6 nitrogen and oxygen atoms in total. The van der Waals surface area contributed by atoms with Crippen LogP contribution in [0.15, 0.2) is 0 Å². The fraction of sp³-hybridized carbons (Fsp3) is 0.833. The zero-order valence-electron chi connectivity index (χ0n) is 11.5. The Labute approximate surface area is 108 Å². The third kappa shape index (κ3) is 4.91. The quantitative estimate of drug-likeness (QED) is 0.666. The topological polar surface area (TPSA) is 87.5 Å². The number of amides is 3. The monoisotopic (exact) mass is 256 g/mol. The third-order valence-electron chi connectivity index (χ3n) is 2.78. The number of hydrogen-bond acceptors (Lipinski definition) is 3. The summed E-state index contributed by atoms with van der Waals surface area (Å²) in [5.41, 5.74) is 4.90. The van der Waals surface area contributed by atoms with E-state index >= 15 is 0 Å². The van der Waals surface area contributed by atoms with E-state index in [-0.39, 0.29) is 24.2 Å². The van der Waals surface area contributed by atoms with Crippen LogP contribution in [-0.2, 0) is 4.79 Å². The Morgan fingerprint density at radius 1 is 1.44 bits per heavy atom. The van der Waals surface area contributed by atoms with Gasteiger partial charge in [0.2, 0.25) is 5.91 Å². The maximum absolute atomic E-state index is 12.2. The second-order valence-electron chi connectivity index (χ2n) is 5.77. The number of carbonyl (C=O) groups excluding carboxylic acids is 2. The zero-order valence-corrected chi connectivity index (χ0v) is 11.5. The fourth-order valence-electron chi connectivity index (χ4n) is 2.03. The van der Waals surface area contributed by atoms with Crippen LogP contribution in [0.5, 0.6) is 0 Å². The first-order valence-corrected chi connectivity index (χ1v) is 6.37. The van der Waals surface area contributed by atoms with E-state index in [4.69, 9.17) is 5.73 Å². The van der Waals surface area contributed by atoms with Gasteiger partial charge in [-0.15, -0.1) is 0 Å². The SMILES string of the molecule is CC(C)(C)NC(=O)N(CC(N)=O)C1CCCNC1. The second kappa shape index (κ2) is 6.04.